The molecule has 0 atom stereocenters. The van der Waals surface area contributed by atoms with Gasteiger partial charge in [0.1, 0.15) is 5.69 Å². The lowest BCUT2D eigenvalue weighted by molar-refractivity contribution is 0.0940. The van der Waals surface area contributed by atoms with E-state index in [4.69, 9.17) is 0 Å². The second-order valence-corrected chi connectivity index (χ2v) is 6.57. The second-order valence-electron chi connectivity index (χ2n) is 5.65. The van der Waals surface area contributed by atoms with Crippen LogP contribution in [-0.2, 0) is 0 Å². The predicted molar refractivity (Wildman–Crippen MR) is 78.4 cm³/mol. The topological polar surface area (TPSA) is 37.3 Å². The fourth-order valence-corrected chi connectivity index (χ4v) is 2.85. The number of amides is 1. The maximum Gasteiger partial charge on any atom is 0.268 e. The molecule has 3 rings (SSSR count). The number of rotatable bonds is 6. The van der Waals surface area contributed by atoms with Crippen LogP contribution in [0.4, 0.5) is 0 Å². The van der Waals surface area contributed by atoms with Crippen LogP contribution in [0.3, 0.4) is 0 Å². The van der Waals surface area contributed by atoms with Gasteiger partial charge in [-0.1, -0.05) is 0 Å². The van der Waals surface area contributed by atoms with E-state index in [1.165, 1.54) is 25.7 Å². The zero-order chi connectivity index (χ0) is 13.4. The van der Waals surface area contributed by atoms with E-state index >= 15 is 0 Å². The molecule has 5 heteroatoms. The Morgan fingerprint density at radius 3 is 2.84 bits per heavy atom. The highest BCUT2D eigenvalue weighted by molar-refractivity contribution is 9.10. The number of carbonyl (C=O) groups excluding carboxylic acids is 1. The number of hydrogen-bond donors (Lipinski definition) is 1. The Bertz CT molecular complexity index is 477. The van der Waals surface area contributed by atoms with Crippen molar-refractivity contribution in [3.8, 4) is 0 Å². The third-order valence-corrected chi connectivity index (χ3v) is 4.34. The molecular formula is C14H20BrN3O. The van der Waals surface area contributed by atoms with Gasteiger partial charge in [0.2, 0.25) is 0 Å². The van der Waals surface area contributed by atoms with Crippen molar-refractivity contribution in [3.63, 3.8) is 0 Å². The first-order valence-electron chi connectivity index (χ1n) is 7.01. The molecule has 19 heavy (non-hydrogen) atoms. The van der Waals surface area contributed by atoms with Gasteiger partial charge in [0.25, 0.3) is 5.91 Å². The lowest BCUT2D eigenvalue weighted by atomic mass is 10.4. The molecule has 2 saturated carbocycles. The molecule has 0 radical (unpaired) electrons. The van der Waals surface area contributed by atoms with E-state index in [1.54, 1.807) is 0 Å². The summed E-state index contributed by atoms with van der Waals surface area (Å²) in [6.07, 6.45) is 7.00. The Kier molecular flexibility index (Phi) is 3.67. The monoisotopic (exact) mass is 325 g/mol. The molecule has 2 aliphatic rings. The molecule has 1 heterocycles. The average Bonchev–Trinajstić information content (AvgIpc) is 3.26. The fraction of sp³-hybridized carbons (Fsp3) is 0.643. The molecule has 0 spiro atoms. The molecule has 4 nitrogen and oxygen atoms in total. The molecule has 1 amide bonds. The normalized spacial score (nSPS) is 18.9. The molecule has 0 aliphatic heterocycles. The minimum Gasteiger partial charge on any atom is -0.349 e. The van der Waals surface area contributed by atoms with Gasteiger partial charge in [-0.3, -0.25) is 4.79 Å². The number of aromatic nitrogens is 1. The van der Waals surface area contributed by atoms with Crippen molar-refractivity contribution in [2.75, 3.05) is 20.1 Å². The van der Waals surface area contributed by atoms with Gasteiger partial charge in [0, 0.05) is 35.8 Å². The molecule has 2 aliphatic carbocycles. The minimum absolute atomic E-state index is 0.0433. The summed E-state index contributed by atoms with van der Waals surface area (Å²) in [5.74, 6) is 0.0433. The number of hydrogen-bond acceptors (Lipinski definition) is 2. The van der Waals surface area contributed by atoms with Crippen molar-refractivity contribution >= 4 is 21.8 Å². The van der Waals surface area contributed by atoms with E-state index in [1.807, 2.05) is 12.3 Å². The number of nitrogens with zero attached hydrogens (tertiary/aromatic N) is 2. The first-order chi connectivity index (χ1) is 9.15. The quantitative estimate of drug-likeness (QED) is 0.872. The van der Waals surface area contributed by atoms with Crippen LogP contribution >= 0.6 is 15.9 Å². The van der Waals surface area contributed by atoms with Crippen molar-refractivity contribution in [1.29, 1.82) is 0 Å². The standard InChI is InChI=1S/C14H20BrN3O/c1-17(11-2-3-11)7-6-16-14(19)13-8-10(15)9-18(13)12-4-5-12/h8-9,11-12H,2-7H2,1H3,(H,16,19). The molecule has 1 aromatic heterocycles. The van der Waals surface area contributed by atoms with Gasteiger partial charge >= 0.3 is 0 Å². The Morgan fingerprint density at radius 2 is 2.21 bits per heavy atom. The Morgan fingerprint density at radius 1 is 1.47 bits per heavy atom. The number of carbonyl (C=O) groups is 1. The van der Waals surface area contributed by atoms with Crippen LogP contribution in [0.2, 0.25) is 0 Å². The molecule has 104 valence electrons. The lowest BCUT2D eigenvalue weighted by Crippen LogP contribution is -2.34. The van der Waals surface area contributed by atoms with Gasteiger partial charge < -0.3 is 14.8 Å². The van der Waals surface area contributed by atoms with Crippen molar-refractivity contribution in [2.45, 2.75) is 37.8 Å². The first-order valence-corrected chi connectivity index (χ1v) is 7.80. The van der Waals surface area contributed by atoms with E-state index in [-0.39, 0.29) is 5.91 Å². The SMILES string of the molecule is CN(CCNC(=O)c1cc(Br)cn1C1CC1)C1CC1. The summed E-state index contributed by atoms with van der Waals surface area (Å²) in [5, 5.41) is 3.03. The maximum atomic E-state index is 12.2. The number of halogens is 1. The molecule has 0 saturated heterocycles. The van der Waals surface area contributed by atoms with Gasteiger partial charge in [-0.15, -0.1) is 0 Å². The van der Waals surface area contributed by atoms with E-state index < -0.39 is 0 Å². The third kappa shape index (κ3) is 3.20. The lowest BCUT2D eigenvalue weighted by Gasteiger charge is -2.16. The van der Waals surface area contributed by atoms with E-state index in [2.05, 4.69) is 37.8 Å². The zero-order valence-corrected chi connectivity index (χ0v) is 12.8. The highest BCUT2D eigenvalue weighted by Gasteiger charge is 2.28. The zero-order valence-electron chi connectivity index (χ0n) is 11.2. The van der Waals surface area contributed by atoms with E-state index in [0.29, 0.717) is 6.04 Å². The summed E-state index contributed by atoms with van der Waals surface area (Å²) in [4.78, 5) is 14.5. The smallest absolute Gasteiger partial charge is 0.268 e. The summed E-state index contributed by atoms with van der Waals surface area (Å²) in [5.41, 5.74) is 0.781. The van der Waals surface area contributed by atoms with Crippen LogP contribution < -0.4 is 5.32 Å². The van der Waals surface area contributed by atoms with Crippen LogP contribution in [0, 0.1) is 0 Å². The number of nitrogens with one attached hydrogen (secondary N) is 1. The Labute approximate surface area is 122 Å². The molecule has 0 unspecified atom stereocenters. The fourth-order valence-electron chi connectivity index (χ4n) is 2.42. The summed E-state index contributed by atoms with van der Waals surface area (Å²) >= 11 is 3.46. The Balaban J connectivity index is 1.54. The summed E-state index contributed by atoms with van der Waals surface area (Å²) < 4.78 is 3.09. The van der Waals surface area contributed by atoms with Crippen molar-refractivity contribution < 1.29 is 4.79 Å². The first kappa shape index (κ1) is 13.2. The van der Waals surface area contributed by atoms with Crippen LogP contribution in [0.1, 0.15) is 42.2 Å². The van der Waals surface area contributed by atoms with Crippen LogP contribution in [-0.4, -0.2) is 41.6 Å². The maximum absolute atomic E-state index is 12.2. The minimum atomic E-state index is 0.0433. The molecule has 0 aromatic carbocycles. The van der Waals surface area contributed by atoms with Gasteiger partial charge in [0.15, 0.2) is 0 Å². The number of likely N-dealkylation sites (N-methyl/N-ethyl adjacent to an activating group) is 1. The third-order valence-electron chi connectivity index (χ3n) is 3.91. The highest BCUT2D eigenvalue weighted by Crippen LogP contribution is 2.37. The van der Waals surface area contributed by atoms with Crippen LogP contribution in [0.5, 0.6) is 0 Å². The predicted octanol–water partition coefficient (Wildman–Crippen LogP) is 2.41. The summed E-state index contributed by atoms with van der Waals surface area (Å²) in [7, 11) is 2.13. The van der Waals surface area contributed by atoms with E-state index in [0.717, 1.165) is 29.3 Å². The summed E-state index contributed by atoms with van der Waals surface area (Å²) in [6.45, 7) is 1.65. The van der Waals surface area contributed by atoms with Crippen molar-refractivity contribution in [3.05, 3.63) is 22.4 Å². The molecule has 2 fully saturated rings. The molecule has 1 N–H and O–H groups in total. The van der Waals surface area contributed by atoms with Gasteiger partial charge in [-0.2, -0.15) is 0 Å². The second kappa shape index (κ2) is 5.29. The average molecular weight is 326 g/mol. The van der Waals surface area contributed by atoms with Crippen LogP contribution in [0.25, 0.3) is 0 Å². The van der Waals surface area contributed by atoms with Crippen molar-refractivity contribution in [2.24, 2.45) is 0 Å². The van der Waals surface area contributed by atoms with E-state index in [9.17, 15) is 4.79 Å². The summed E-state index contributed by atoms with van der Waals surface area (Å²) in [6, 6.07) is 3.20. The molecule has 1 aromatic rings. The van der Waals surface area contributed by atoms with Gasteiger partial charge in [-0.05, 0) is 54.7 Å². The largest absolute Gasteiger partial charge is 0.349 e. The van der Waals surface area contributed by atoms with Gasteiger partial charge in [-0.25, -0.2) is 0 Å². The van der Waals surface area contributed by atoms with Crippen molar-refractivity contribution in [1.82, 2.24) is 14.8 Å². The molecule has 0 bridgehead atoms. The van der Waals surface area contributed by atoms with Gasteiger partial charge in [0.05, 0.1) is 0 Å². The Hall–Kier alpha value is -0.810. The molecular weight excluding hydrogens is 306 g/mol. The van der Waals surface area contributed by atoms with Crippen LogP contribution in [0.15, 0.2) is 16.7 Å². The highest BCUT2D eigenvalue weighted by atomic mass is 79.9.